The van der Waals surface area contributed by atoms with Gasteiger partial charge in [-0.25, -0.2) is 0 Å². The summed E-state index contributed by atoms with van der Waals surface area (Å²) in [4.78, 5) is 11.9. The minimum atomic E-state index is 0.0839. The summed E-state index contributed by atoms with van der Waals surface area (Å²) in [6.45, 7) is 9.10. The van der Waals surface area contributed by atoms with E-state index in [1.54, 1.807) is 0 Å². The van der Waals surface area contributed by atoms with Gasteiger partial charge >= 0.3 is 0 Å². The molecule has 92 valence electrons. The second-order valence-electron chi connectivity index (χ2n) is 5.44. The molecule has 3 nitrogen and oxygen atoms in total. The predicted molar refractivity (Wildman–Crippen MR) is 64.9 cm³/mol. The minimum Gasteiger partial charge on any atom is -0.396 e. The highest BCUT2D eigenvalue weighted by atomic mass is 16.3. The van der Waals surface area contributed by atoms with Gasteiger partial charge in [-0.15, -0.1) is 0 Å². The van der Waals surface area contributed by atoms with Gasteiger partial charge in [0.2, 0.25) is 5.91 Å². The smallest absolute Gasteiger partial charge is 0.224 e. The molecule has 0 bridgehead atoms. The standard InChI is InChI=1S/C13H23NO2/c1-9(2)8-10-11(13(10,3)4)12(16)14-6-5-7-15/h8,10-11,15H,5-7H2,1-4H3,(H,14,16)/t10-,11-/m0/s1. The molecule has 1 fully saturated rings. The van der Waals surface area contributed by atoms with E-state index >= 15 is 0 Å². The zero-order valence-electron chi connectivity index (χ0n) is 10.7. The second kappa shape index (κ2) is 5.00. The summed E-state index contributed by atoms with van der Waals surface area (Å²) in [6, 6.07) is 0. The number of rotatable bonds is 5. The Hall–Kier alpha value is -0.830. The minimum absolute atomic E-state index is 0.0839. The number of carbonyl (C=O) groups is 1. The average Bonchev–Trinajstić information content (AvgIpc) is 2.67. The van der Waals surface area contributed by atoms with Crippen molar-refractivity contribution in [3.8, 4) is 0 Å². The molecule has 2 N–H and O–H groups in total. The highest BCUT2D eigenvalue weighted by molar-refractivity contribution is 5.83. The van der Waals surface area contributed by atoms with Gasteiger partial charge in [0.25, 0.3) is 0 Å². The van der Waals surface area contributed by atoms with E-state index in [1.807, 2.05) is 0 Å². The number of amides is 1. The highest BCUT2D eigenvalue weighted by Gasteiger charge is 2.60. The van der Waals surface area contributed by atoms with Gasteiger partial charge in [0.15, 0.2) is 0 Å². The first-order chi connectivity index (χ1) is 7.41. The number of aliphatic hydroxyl groups excluding tert-OH is 1. The van der Waals surface area contributed by atoms with Crippen LogP contribution in [0.25, 0.3) is 0 Å². The van der Waals surface area contributed by atoms with Crippen LogP contribution in [0, 0.1) is 17.3 Å². The van der Waals surface area contributed by atoms with Gasteiger partial charge in [-0.2, -0.15) is 0 Å². The van der Waals surface area contributed by atoms with Crippen molar-refractivity contribution in [3.05, 3.63) is 11.6 Å². The van der Waals surface area contributed by atoms with Crippen molar-refractivity contribution in [2.24, 2.45) is 17.3 Å². The molecule has 0 saturated heterocycles. The van der Waals surface area contributed by atoms with Crippen molar-refractivity contribution in [2.45, 2.75) is 34.1 Å². The summed E-state index contributed by atoms with van der Waals surface area (Å²) < 4.78 is 0. The Balaban J connectivity index is 2.49. The third-order valence-corrected chi connectivity index (χ3v) is 3.34. The van der Waals surface area contributed by atoms with Gasteiger partial charge in [-0.3, -0.25) is 4.79 Å². The Morgan fingerprint density at radius 2 is 2.06 bits per heavy atom. The molecule has 0 heterocycles. The number of carbonyl (C=O) groups excluding carboxylic acids is 1. The van der Waals surface area contributed by atoms with Gasteiger partial charge in [0.1, 0.15) is 0 Å². The van der Waals surface area contributed by atoms with Crippen LogP contribution in [-0.2, 0) is 4.79 Å². The van der Waals surface area contributed by atoms with Crippen LogP contribution in [0.1, 0.15) is 34.1 Å². The van der Waals surface area contributed by atoms with E-state index in [4.69, 9.17) is 5.11 Å². The van der Waals surface area contributed by atoms with Crippen molar-refractivity contribution in [3.63, 3.8) is 0 Å². The molecule has 1 amide bonds. The lowest BCUT2D eigenvalue weighted by atomic mass is 10.1. The molecule has 3 heteroatoms. The maximum absolute atomic E-state index is 11.9. The number of aliphatic hydroxyl groups is 1. The third kappa shape index (κ3) is 2.85. The largest absolute Gasteiger partial charge is 0.396 e. The molecular weight excluding hydrogens is 202 g/mol. The molecule has 1 aliphatic carbocycles. The van der Waals surface area contributed by atoms with E-state index < -0.39 is 0 Å². The van der Waals surface area contributed by atoms with E-state index in [1.165, 1.54) is 5.57 Å². The quantitative estimate of drug-likeness (QED) is 0.553. The Labute approximate surface area is 97.9 Å². The topological polar surface area (TPSA) is 49.3 Å². The van der Waals surface area contributed by atoms with E-state index in [2.05, 4.69) is 39.1 Å². The number of allylic oxidation sites excluding steroid dienone is 2. The molecule has 0 spiro atoms. The summed E-state index contributed by atoms with van der Waals surface area (Å²) in [7, 11) is 0. The third-order valence-electron chi connectivity index (χ3n) is 3.34. The molecule has 0 radical (unpaired) electrons. The summed E-state index contributed by atoms with van der Waals surface area (Å²) in [6.07, 6.45) is 2.82. The van der Waals surface area contributed by atoms with E-state index in [-0.39, 0.29) is 23.8 Å². The van der Waals surface area contributed by atoms with Gasteiger partial charge in [0.05, 0.1) is 5.92 Å². The van der Waals surface area contributed by atoms with Crippen LogP contribution in [0.4, 0.5) is 0 Å². The van der Waals surface area contributed by atoms with Crippen LogP contribution in [-0.4, -0.2) is 24.2 Å². The zero-order valence-corrected chi connectivity index (χ0v) is 10.7. The Morgan fingerprint density at radius 3 is 2.56 bits per heavy atom. The van der Waals surface area contributed by atoms with E-state index in [9.17, 15) is 4.79 Å². The summed E-state index contributed by atoms with van der Waals surface area (Å²) in [5.41, 5.74) is 1.35. The van der Waals surface area contributed by atoms with Crippen molar-refractivity contribution in [1.29, 1.82) is 0 Å². The molecule has 1 saturated carbocycles. The van der Waals surface area contributed by atoms with Gasteiger partial charge < -0.3 is 10.4 Å². The second-order valence-corrected chi connectivity index (χ2v) is 5.44. The SMILES string of the molecule is CC(C)=C[C@H]1[C@@H](C(=O)NCCCO)C1(C)C. The molecule has 0 aromatic rings. The van der Waals surface area contributed by atoms with Crippen molar-refractivity contribution in [1.82, 2.24) is 5.32 Å². The number of hydrogen-bond acceptors (Lipinski definition) is 2. The molecule has 2 atom stereocenters. The average molecular weight is 225 g/mol. The normalized spacial score (nSPS) is 26.1. The van der Waals surface area contributed by atoms with Gasteiger partial charge in [-0.1, -0.05) is 25.5 Å². The van der Waals surface area contributed by atoms with Crippen LogP contribution in [0.5, 0.6) is 0 Å². The Bertz CT molecular complexity index is 290. The molecule has 0 aromatic carbocycles. The van der Waals surface area contributed by atoms with Crippen LogP contribution < -0.4 is 5.32 Å². The number of hydrogen-bond donors (Lipinski definition) is 2. The predicted octanol–water partition coefficient (Wildman–Crippen LogP) is 1.72. The van der Waals surface area contributed by atoms with Crippen molar-refractivity contribution in [2.75, 3.05) is 13.2 Å². The fraction of sp³-hybridized carbons (Fsp3) is 0.769. The maximum atomic E-state index is 11.9. The first-order valence-corrected chi connectivity index (χ1v) is 5.95. The van der Waals surface area contributed by atoms with E-state index in [0.29, 0.717) is 18.9 Å². The molecule has 0 unspecified atom stereocenters. The monoisotopic (exact) mass is 225 g/mol. The molecule has 0 aromatic heterocycles. The fourth-order valence-corrected chi connectivity index (χ4v) is 2.25. The lowest BCUT2D eigenvalue weighted by Crippen LogP contribution is -2.28. The first-order valence-electron chi connectivity index (χ1n) is 5.95. The van der Waals surface area contributed by atoms with Crippen molar-refractivity contribution < 1.29 is 9.90 Å². The summed E-state index contributed by atoms with van der Waals surface area (Å²) in [5, 5.41) is 11.5. The van der Waals surface area contributed by atoms with Crippen LogP contribution in [0.15, 0.2) is 11.6 Å². The van der Waals surface area contributed by atoms with Crippen LogP contribution in [0.3, 0.4) is 0 Å². The highest BCUT2D eigenvalue weighted by Crippen LogP contribution is 2.59. The molecule has 16 heavy (non-hydrogen) atoms. The van der Waals surface area contributed by atoms with Gasteiger partial charge in [-0.05, 0) is 31.6 Å². The summed E-state index contributed by atoms with van der Waals surface area (Å²) in [5.74, 6) is 0.591. The lowest BCUT2D eigenvalue weighted by Gasteiger charge is -2.04. The lowest BCUT2D eigenvalue weighted by molar-refractivity contribution is -0.123. The molecule has 0 aliphatic heterocycles. The Kier molecular flexibility index (Phi) is 4.14. The van der Waals surface area contributed by atoms with E-state index in [0.717, 1.165) is 0 Å². The molecular formula is C13H23NO2. The molecule has 1 rings (SSSR count). The fourth-order valence-electron chi connectivity index (χ4n) is 2.25. The van der Waals surface area contributed by atoms with Crippen LogP contribution in [0.2, 0.25) is 0 Å². The van der Waals surface area contributed by atoms with Crippen molar-refractivity contribution >= 4 is 5.91 Å². The Morgan fingerprint density at radius 1 is 1.44 bits per heavy atom. The van der Waals surface area contributed by atoms with Crippen LogP contribution >= 0.6 is 0 Å². The van der Waals surface area contributed by atoms with Gasteiger partial charge in [0, 0.05) is 13.2 Å². The number of nitrogens with one attached hydrogen (secondary N) is 1. The first kappa shape index (κ1) is 13.2. The maximum Gasteiger partial charge on any atom is 0.224 e. The zero-order chi connectivity index (χ0) is 12.3. The summed E-state index contributed by atoms with van der Waals surface area (Å²) >= 11 is 0. The molecule has 1 aliphatic rings.